The molecule has 4 aromatic rings. The summed E-state index contributed by atoms with van der Waals surface area (Å²) in [6, 6.07) is 21.8. The molecule has 4 rings (SSSR count). The standard InChI is InChI=1S/C28H26ClNO3/c1-19(15-28(31)30-14-6-9-20-7-4-3-5-8-20)23-16-24-25(21-10-12-22(29)13-11-21)18-33-27(24)17-26(23)32-2/h3-5,7-8,10-13,15-18H,6,9,14H2,1-2H3,(H,30,31)/b19-15+. The zero-order valence-corrected chi connectivity index (χ0v) is 19.5. The van der Waals surface area contributed by atoms with Gasteiger partial charge < -0.3 is 14.5 Å². The van der Waals surface area contributed by atoms with Gasteiger partial charge in [0.2, 0.25) is 5.91 Å². The number of methoxy groups -OCH3 is 1. The third kappa shape index (κ3) is 5.47. The molecule has 0 unspecified atom stereocenters. The highest BCUT2D eigenvalue weighted by molar-refractivity contribution is 6.30. The van der Waals surface area contributed by atoms with Gasteiger partial charge in [-0.1, -0.05) is 54.1 Å². The molecule has 0 aliphatic carbocycles. The number of carbonyl (C=O) groups excluding carboxylic acids is 1. The van der Waals surface area contributed by atoms with Crippen LogP contribution in [0.25, 0.3) is 27.7 Å². The van der Waals surface area contributed by atoms with E-state index in [9.17, 15) is 4.79 Å². The van der Waals surface area contributed by atoms with E-state index in [4.69, 9.17) is 20.8 Å². The van der Waals surface area contributed by atoms with Gasteiger partial charge in [-0.3, -0.25) is 4.79 Å². The second-order valence-electron chi connectivity index (χ2n) is 7.91. The van der Waals surface area contributed by atoms with Crippen LogP contribution in [0.2, 0.25) is 5.02 Å². The zero-order valence-electron chi connectivity index (χ0n) is 18.7. The second-order valence-corrected chi connectivity index (χ2v) is 8.35. The third-order valence-electron chi connectivity index (χ3n) is 5.61. The Balaban J connectivity index is 1.51. The van der Waals surface area contributed by atoms with Crippen LogP contribution in [-0.2, 0) is 11.2 Å². The summed E-state index contributed by atoms with van der Waals surface area (Å²) in [5, 5.41) is 4.61. The first-order valence-corrected chi connectivity index (χ1v) is 11.3. The average molecular weight is 460 g/mol. The molecule has 168 valence electrons. The van der Waals surface area contributed by atoms with Gasteiger partial charge >= 0.3 is 0 Å². The molecular weight excluding hydrogens is 434 g/mol. The summed E-state index contributed by atoms with van der Waals surface area (Å²) in [5.74, 6) is 0.540. The molecule has 33 heavy (non-hydrogen) atoms. The molecule has 1 N–H and O–H groups in total. The average Bonchev–Trinajstić information content (AvgIpc) is 3.25. The minimum atomic E-state index is -0.118. The fourth-order valence-corrected chi connectivity index (χ4v) is 3.99. The number of aryl methyl sites for hydroxylation is 1. The molecule has 0 aliphatic heterocycles. The van der Waals surface area contributed by atoms with E-state index in [2.05, 4.69) is 17.4 Å². The lowest BCUT2D eigenvalue weighted by Gasteiger charge is -2.10. The molecule has 0 radical (unpaired) electrons. The first kappa shape index (κ1) is 22.7. The van der Waals surface area contributed by atoms with Crippen LogP contribution < -0.4 is 10.1 Å². The van der Waals surface area contributed by atoms with Gasteiger partial charge in [-0.25, -0.2) is 0 Å². The Morgan fingerprint density at radius 3 is 2.58 bits per heavy atom. The van der Waals surface area contributed by atoms with Crippen molar-refractivity contribution in [3.8, 4) is 16.9 Å². The van der Waals surface area contributed by atoms with Crippen LogP contribution in [0.5, 0.6) is 5.75 Å². The number of hydrogen-bond acceptors (Lipinski definition) is 3. The molecule has 0 saturated heterocycles. The number of furan rings is 1. The number of hydrogen-bond donors (Lipinski definition) is 1. The summed E-state index contributed by atoms with van der Waals surface area (Å²) >= 11 is 6.04. The molecular formula is C28H26ClNO3. The van der Waals surface area contributed by atoms with Crippen molar-refractivity contribution in [2.24, 2.45) is 0 Å². The van der Waals surface area contributed by atoms with Crippen molar-refractivity contribution >= 4 is 34.1 Å². The van der Waals surface area contributed by atoms with E-state index in [1.54, 1.807) is 19.4 Å². The topological polar surface area (TPSA) is 51.5 Å². The van der Waals surface area contributed by atoms with E-state index in [1.165, 1.54) is 5.56 Å². The molecule has 1 aromatic heterocycles. The number of amides is 1. The second kappa shape index (κ2) is 10.4. The lowest BCUT2D eigenvalue weighted by atomic mass is 9.99. The normalized spacial score (nSPS) is 11.5. The number of carbonyl (C=O) groups is 1. The Labute approximate surface area is 198 Å². The van der Waals surface area contributed by atoms with Gasteiger partial charge in [-0.05, 0) is 54.7 Å². The summed E-state index contributed by atoms with van der Waals surface area (Å²) in [6.07, 6.45) is 5.17. The predicted octanol–water partition coefficient (Wildman–Crippen LogP) is 6.91. The Bertz CT molecular complexity index is 1270. The molecule has 0 fully saturated rings. The minimum absolute atomic E-state index is 0.118. The number of benzene rings is 3. The van der Waals surface area contributed by atoms with Crippen molar-refractivity contribution < 1.29 is 13.9 Å². The van der Waals surface area contributed by atoms with Gasteiger partial charge in [0.1, 0.15) is 11.3 Å². The van der Waals surface area contributed by atoms with Crippen LogP contribution in [0, 0.1) is 0 Å². The highest BCUT2D eigenvalue weighted by Gasteiger charge is 2.15. The SMILES string of the molecule is COc1cc2occ(-c3ccc(Cl)cc3)c2cc1/C(C)=C/C(=O)NCCCc1ccccc1. The smallest absolute Gasteiger partial charge is 0.244 e. The number of rotatable bonds is 8. The predicted molar refractivity (Wildman–Crippen MR) is 135 cm³/mol. The van der Waals surface area contributed by atoms with Gasteiger partial charge in [-0.15, -0.1) is 0 Å². The lowest BCUT2D eigenvalue weighted by molar-refractivity contribution is -0.116. The number of halogens is 1. The van der Waals surface area contributed by atoms with Crippen molar-refractivity contribution in [1.82, 2.24) is 5.32 Å². The summed E-state index contributed by atoms with van der Waals surface area (Å²) in [5.41, 5.74) is 5.63. The minimum Gasteiger partial charge on any atom is -0.496 e. The quantitative estimate of drug-likeness (QED) is 0.230. The Morgan fingerprint density at radius 1 is 1.09 bits per heavy atom. The lowest BCUT2D eigenvalue weighted by Crippen LogP contribution is -2.22. The number of fused-ring (bicyclic) bond motifs is 1. The molecule has 1 heterocycles. The fourth-order valence-electron chi connectivity index (χ4n) is 3.86. The molecule has 1 amide bonds. The molecule has 0 atom stereocenters. The Morgan fingerprint density at radius 2 is 1.85 bits per heavy atom. The summed E-state index contributed by atoms with van der Waals surface area (Å²) in [4.78, 5) is 12.5. The van der Waals surface area contributed by atoms with Crippen LogP contribution in [0.15, 0.2) is 83.5 Å². The number of nitrogens with one attached hydrogen (secondary N) is 1. The van der Waals surface area contributed by atoms with Crippen molar-refractivity contribution in [2.75, 3.05) is 13.7 Å². The zero-order chi connectivity index (χ0) is 23.2. The highest BCUT2D eigenvalue weighted by atomic mass is 35.5. The van der Waals surface area contributed by atoms with E-state index in [0.717, 1.165) is 46.1 Å². The van der Waals surface area contributed by atoms with Crippen molar-refractivity contribution in [3.63, 3.8) is 0 Å². The molecule has 0 saturated carbocycles. The summed E-state index contributed by atoms with van der Waals surface area (Å²) in [7, 11) is 1.62. The number of allylic oxidation sites excluding steroid dienone is 1. The first-order chi connectivity index (χ1) is 16.0. The maximum absolute atomic E-state index is 12.5. The van der Waals surface area contributed by atoms with Gasteiger partial charge in [0.25, 0.3) is 0 Å². The molecule has 5 heteroatoms. The van der Waals surface area contributed by atoms with Crippen LogP contribution >= 0.6 is 11.6 Å². The van der Waals surface area contributed by atoms with Gasteiger partial charge in [-0.2, -0.15) is 0 Å². The first-order valence-electron chi connectivity index (χ1n) is 10.9. The van der Waals surface area contributed by atoms with Crippen LogP contribution in [-0.4, -0.2) is 19.6 Å². The van der Waals surface area contributed by atoms with E-state index >= 15 is 0 Å². The van der Waals surface area contributed by atoms with Crippen LogP contribution in [0.3, 0.4) is 0 Å². The largest absolute Gasteiger partial charge is 0.496 e. The van der Waals surface area contributed by atoms with E-state index in [1.807, 2.05) is 61.5 Å². The van der Waals surface area contributed by atoms with E-state index in [0.29, 0.717) is 17.3 Å². The molecule has 0 spiro atoms. The van der Waals surface area contributed by atoms with Crippen molar-refractivity contribution in [2.45, 2.75) is 19.8 Å². The summed E-state index contributed by atoms with van der Waals surface area (Å²) < 4.78 is 11.4. The van der Waals surface area contributed by atoms with Crippen LogP contribution in [0.1, 0.15) is 24.5 Å². The van der Waals surface area contributed by atoms with Gasteiger partial charge in [0.05, 0.1) is 13.4 Å². The fraction of sp³-hybridized carbons (Fsp3) is 0.179. The molecule has 4 nitrogen and oxygen atoms in total. The Kier molecular flexibility index (Phi) is 7.16. The van der Waals surface area contributed by atoms with Crippen LogP contribution in [0.4, 0.5) is 0 Å². The Hall–Kier alpha value is -3.50. The highest BCUT2D eigenvalue weighted by Crippen LogP contribution is 2.37. The van der Waals surface area contributed by atoms with E-state index in [-0.39, 0.29) is 5.91 Å². The molecule has 3 aromatic carbocycles. The van der Waals surface area contributed by atoms with Crippen molar-refractivity contribution in [3.05, 3.63) is 95.2 Å². The van der Waals surface area contributed by atoms with Gasteiger partial charge in [0, 0.05) is 40.2 Å². The molecule has 0 bridgehead atoms. The maximum atomic E-state index is 12.5. The molecule has 0 aliphatic rings. The third-order valence-corrected chi connectivity index (χ3v) is 5.86. The maximum Gasteiger partial charge on any atom is 0.244 e. The number of ether oxygens (including phenoxy) is 1. The van der Waals surface area contributed by atoms with Crippen molar-refractivity contribution in [1.29, 1.82) is 0 Å². The monoisotopic (exact) mass is 459 g/mol. The van der Waals surface area contributed by atoms with Gasteiger partial charge in [0.15, 0.2) is 0 Å². The van der Waals surface area contributed by atoms with E-state index < -0.39 is 0 Å². The summed E-state index contributed by atoms with van der Waals surface area (Å²) in [6.45, 7) is 2.53.